The van der Waals surface area contributed by atoms with Crippen molar-refractivity contribution in [1.82, 2.24) is 0 Å². The SMILES string of the molecule is C=C/C=C(\C=C/C)OCCOC(/C=C\CC)=C/CC. The summed E-state index contributed by atoms with van der Waals surface area (Å²) in [4.78, 5) is 0. The second-order valence-corrected chi connectivity index (χ2v) is 3.83. The molecule has 0 atom stereocenters. The zero-order valence-electron chi connectivity index (χ0n) is 12.4. The Morgan fingerprint density at radius 1 is 1.00 bits per heavy atom. The Morgan fingerprint density at radius 3 is 2.21 bits per heavy atom. The molecule has 0 unspecified atom stereocenters. The Hall–Kier alpha value is -1.70. The zero-order chi connectivity index (χ0) is 14.3. The van der Waals surface area contributed by atoms with Gasteiger partial charge >= 0.3 is 0 Å². The highest BCUT2D eigenvalue weighted by atomic mass is 16.5. The van der Waals surface area contributed by atoms with Gasteiger partial charge in [-0.15, -0.1) is 0 Å². The largest absolute Gasteiger partial charge is 0.490 e. The van der Waals surface area contributed by atoms with Crippen LogP contribution < -0.4 is 0 Å². The van der Waals surface area contributed by atoms with E-state index in [1.54, 1.807) is 6.08 Å². The van der Waals surface area contributed by atoms with Gasteiger partial charge in [-0.3, -0.25) is 0 Å². The van der Waals surface area contributed by atoms with Gasteiger partial charge in [-0.1, -0.05) is 38.7 Å². The average Bonchev–Trinajstić information content (AvgIpc) is 2.41. The van der Waals surface area contributed by atoms with Crippen LogP contribution in [-0.2, 0) is 9.47 Å². The van der Waals surface area contributed by atoms with Crippen molar-refractivity contribution in [3.05, 3.63) is 60.6 Å². The molecular weight excluding hydrogens is 236 g/mol. The van der Waals surface area contributed by atoms with Crippen LogP contribution in [0.5, 0.6) is 0 Å². The summed E-state index contributed by atoms with van der Waals surface area (Å²) in [5.41, 5.74) is 0. The second kappa shape index (κ2) is 12.7. The third kappa shape index (κ3) is 9.95. The van der Waals surface area contributed by atoms with Gasteiger partial charge in [0.25, 0.3) is 0 Å². The number of hydrogen-bond donors (Lipinski definition) is 0. The standard InChI is InChI=1S/C17H26O2/c1-5-9-13-17(12-8-4)19-15-14-18-16(10-6-2)11-7-3/h6-7,9-13H,2,5,8,14-15H2,1,3-4H3/b11-7-,13-9-,16-10+,17-12+. The Morgan fingerprint density at radius 2 is 1.68 bits per heavy atom. The number of rotatable bonds is 10. The van der Waals surface area contributed by atoms with Crippen molar-refractivity contribution in [3.8, 4) is 0 Å². The lowest BCUT2D eigenvalue weighted by Gasteiger charge is -2.09. The first kappa shape index (κ1) is 17.3. The molecule has 0 heterocycles. The van der Waals surface area contributed by atoms with Crippen LogP contribution >= 0.6 is 0 Å². The molecule has 0 N–H and O–H groups in total. The van der Waals surface area contributed by atoms with Crippen LogP contribution in [0, 0.1) is 0 Å². The first-order valence-electron chi connectivity index (χ1n) is 6.86. The van der Waals surface area contributed by atoms with E-state index in [0.29, 0.717) is 13.2 Å². The van der Waals surface area contributed by atoms with E-state index in [9.17, 15) is 0 Å². The number of hydrogen-bond acceptors (Lipinski definition) is 2. The van der Waals surface area contributed by atoms with Gasteiger partial charge in [-0.2, -0.15) is 0 Å². The maximum Gasteiger partial charge on any atom is 0.122 e. The fraction of sp³-hybridized carbons (Fsp3) is 0.412. The van der Waals surface area contributed by atoms with E-state index in [-0.39, 0.29) is 0 Å². The lowest BCUT2D eigenvalue weighted by Crippen LogP contribution is -2.03. The maximum absolute atomic E-state index is 5.66. The Bertz CT molecular complexity index is 346. The third-order valence-corrected chi connectivity index (χ3v) is 2.16. The first-order valence-corrected chi connectivity index (χ1v) is 6.86. The molecule has 0 aliphatic heterocycles. The lowest BCUT2D eigenvalue weighted by atomic mass is 10.3. The Kier molecular flexibility index (Phi) is 11.6. The van der Waals surface area contributed by atoms with Crippen LogP contribution in [0.25, 0.3) is 0 Å². The van der Waals surface area contributed by atoms with Gasteiger partial charge in [0.1, 0.15) is 24.7 Å². The van der Waals surface area contributed by atoms with Crippen LogP contribution in [0.1, 0.15) is 33.6 Å². The predicted molar refractivity (Wildman–Crippen MR) is 82.8 cm³/mol. The minimum atomic E-state index is 0.519. The molecule has 0 aromatic rings. The van der Waals surface area contributed by atoms with Crippen molar-refractivity contribution in [3.63, 3.8) is 0 Å². The summed E-state index contributed by atoms with van der Waals surface area (Å²) >= 11 is 0. The van der Waals surface area contributed by atoms with Crippen LogP contribution in [0.3, 0.4) is 0 Å². The minimum Gasteiger partial charge on any atom is -0.490 e. The van der Waals surface area contributed by atoms with Crippen LogP contribution in [0.2, 0.25) is 0 Å². The van der Waals surface area contributed by atoms with Crippen molar-refractivity contribution in [2.24, 2.45) is 0 Å². The minimum absolute atomic E-state index is 0.519. The molecule has 0 saturated carbocycles. The van der Waals surface area contributed by atoms with Crippen LogP contribution in [0.15, 0.2) is 60.6 Å². The average molecular weight is 262 g/mol. The summed E-state index contributed by atoms with van der Waals surface area (Å²) in [6.45, 7) is 10.9. The third-order valence-electron chi connectivity index (χ3n) is 2.16. The van der Waals surface area contributed by atoms with Gasteiger partial charge in [0.05, 0.1) is 0 Å². The summed E-state index contributed by atoms with van der Waals surface area (Å²) in [7, 11) is 0. The van der Waals surface area contributed by atoms with Crippen molar-refractivity contribution >= 4 is 0 Å². The predicted octanol–water partition coefficient (Wildman–Crippen LogP) is 4.93. The normalized spacial score (nSPS) is 13.2. The number of allylic oxidation sites excluding steroid dienone is 7. The Labute approximate surface area is 117 Å². The van der Waals surface area contributed by atoms with Gasteiger partial charge in [-0.25, -0.2) is 0 Å². The molecule has 2 heteroatoms. The fourth-order valence-electron chi connectivity index (χ4n) is 1.36. The molecule has 0 bridgehead atoms. The van der Waals surface area contributed by atoms with Crippen LogP contribution in [0.4, 0.5) is 0 Å². The van der Waals surface area contributed by atoms with Crippen molar-refractivity contribution in [2.75, 3.05) is 13.2 Å². The molecule has 0 aliphatic rings. The molecule has 0 aromatic carbocycles. The molecule has 19 heavy (non-hydrogen) atoms. The van der Waals surface area contributed by atoms with E-state index >= 15 is 0 Å². The molecule has 0 amide bonds. The van der Waals surface area contributed by atoms with E-state index in [1.165, 1.54) is 0 Å². The number of ether oxygens (including phenoxy) is 2. The van der Waals surface area contributed by atoms with Gasteiger partial charge in [-0.05, 0) is 44.1 Å². The van der Waals surface area contributed by atoms with E-state index in [2.05, 4.69) is 32.6 Å². The summed E-state index contributed by atoms with van der Waals surface area (Å²) in [5.74, 6) is 1.71. The van der Waals surface area contributed by atoms with Crippen LogP contribution in [-0.4, -0.2) is 13.2 Å². The first-order chi connectivity index (χ1) is 9.28. The highest BCUT2D eigenvalue weighted by molar-refractivity contribution is 5.16. The van der Waals surface area contributed by atoms with Gasteiger partial charge in [0, 0.05) is 0 Å². The van der Waals surface area contributed by atoms with E-state index in [1.807, 2.05) is 31.2 Å². The maximum atomic E-state index is 5.66. The van der Waals surface area contributed by atoms with Crippen molar-refractivity contribution in [1.29, 1.82) is 0 Å². The molecule has 0 aliphatic carbocycles. The summed E-state index contributed by atoms with van der Waals surface area (Å²) in [5, 5.41) is 0. The molecule has 0 rings (SSSR count). The fourth-order valence-corrected chi connectivity index (χ4v) is 1.36. The molecule has 0 spiro atoms. The van der Waals surface area contributed by atoms with E-state index in [4.69, 9.17) is 9.47 Å². The van der Waals surface area contributed by atoms with Gasteiger partial charge in [0.15, 0.2) is 0 Å². The highest BCUT2D eigenvalue weighted by Gasteiger charge is 1.95. The zero-order valence-corrected chi connectivity index (χ0v) is 12.4. The summed E-state index contributed by atoms with van der Waals surface area (Å²) in [6, 6.07) is 0. The highest BCUT2D eigenvalue weighted by Crippen LogP contribution is 2.04. The summed E-state index contributed by atoms with van der Waals surface area (Å²) < 4.78 is 11.2. The monoisotopic (exact) mass is 262 g/mol. The molecule has 0 aromatic heterocycles. The molecule has 2 nitrogen and oxygen atoms in total. The molecular formula is C17H26O2. The van der Waals surface area contributed by atoms with E-state index in [0.717, 1.165) is 24.4 Å². The lowest BCUT2D eigenvalue weighted by molar-refractivity contribution is 0.127. The van der Waals surface area contributed by atoms with E-state index < -0.39 is 0 Å². The van der Waals surface area contributed by atoms with Crippen molar-refractivity contribution in [2.45, 2.75) is 33.6 Å². The molecule has 0 saturated heterocycles. The molecule has 0 fully saturated rings. The topological polar surface area (TPSA) is 18.5 Å². The molecule has 0 radical (unpaired) electrons. The van der Waals surface area contributed by atoms with Gasteiger partial charge in [0.2, 0.25) is 0 Å². The summed E-state index contributed by atoms with van der Waals surface area (Å²) in [6.07, 6.45) is 15.5. The second-order valence-electron chi connectivity index (χ2n) is 3.83. The van der Waals surface area contributed by atoms with Crippen molar-refractivity contribution < 1.29 is 9.47 Å². The van der Waals surface area contributed by atoms with Gasteiger partial charge < -0.3 is 9.47 Å². The molecule has 106 valence electrons. The Balaban J connectivity index is 4.12. The quantitative estimate of drug-likeness (QED) is 0.316. The smallest absolute Gasteiger partial charge is 0.122 e.